The van der Waals surface area contributed by atoms with Crippen LogP contribution < -0.4 is 4.74 Å². The van der Waals surface area contributed by atoms with Crippen molar-refractivity contribution in [1.29, 1.82) is 5.26 Å². The smallest absolute Gasteiger partial charge is 0.277 e. The molecular weight excluding hydrogens is 426 g/mol. The monoisotopic (exact) mass is 439 g/mol. The highest BCUT2D eigenvalue weighted by Crippen LogP contribution is 2.26. The van der Waals surface area contributed by atoms with Crippen LogP contribution in [0.4, 0.5) is 0 Å². The maximum absolute atomic E-state index is 10.4. The number of ether oxygens (including phenoxy) is 1. The molecular formula is C20H14ClN5O3S. The molecule has 2 N–H and O–H groups in total. The third-order valence-electron chi connectivity index (χ3n) is 4.00. The molecule has 8 nitrogen and oxygen atoms in total. The molecule has 0 aliphatic carbocycles. The highest BCUT2D eigenvalue weighted by molar-refractivity contribution is 7.99. The number of aliphatic hydroxyl groups excluding tert-OH is 1. The van der Waals surface area contributed by atoms with Crippen molar-refractivity contribution in [1.82, 2.24) is 20.2 Å². The van der Waals surface area contributed by atoms with Crippen LogP contribution in [0.5, 0.6) is 5.75 Å². The van der Waals surface area contributed by atoms with Crippen LogP contribution in [0, 0.1) is 11.3 Å². The molecule has 0 spiro atoms. The van der Waals surface area contributed by atoms with Crippen molar-refractivity contribution in [3.63, 3.8) is 0 Å². The summed E-state index contributed by atoms with van der Waals surface area (Å²) in [7, 11) is 0. The van der Waals surface area contributed by atoms with E-state index in [-0.39, 0.29) is 34.8 Å². The predicted molar refractivity (Wildman–Crippen MR) is 112 cm³/mol. The van der Waals surface area contributed by atoms with Gasteiger partial charge in [0.25, 0.3) is 11.1 Å². The number of halogens is 1. The fraction of sp³-hybridized carbons (Fsp3) is 0.100. The molecule has 0 aliphatic rings. The minimum Gasteiger partial charge on any atom is -0.510 e. The molecule has 0 bridgehead atoms. The van der Waals surface area contributed by atoms with E-state index in [1.165, 1.54) is 0 Å². The largest absolute Gasteiger partial charge is 0.510 e. The first-order chi connectivity index (χ1) is 14.6. The van der Waals surface area contributed by atoms with Crippen molar-refractivity contribution in [2.45, 2.75) is 11.8 Å². The Balaban J connectivity index is 1.41. The number of aromatic nitrogens is 4. The number of allylic oxidation sites excluding steroid dienone is 1. The summed E-state index contributed by atoms with van der Waals surface area (Å²) in [6, 6.07) is 16.4. The number of hydrogen-bond acceptors (Lipinski definition) is 8. The number of para-hydroxylation sites is 3. The van der Waals surface area contributed by atoms with Crippen LogP contribution in [0.3, 0.4) is 0 Å². The van der Waals surface area contributed by atoms with Crippen molar-refractivity contribution in [2.75, 3.05) is 5.75 Å². The van der Waals surface area contributed by atoms with Crippen molar-refractivity contribution < 1.29 is 14.3 Å². The van der Waals surface area contributed by atoms with Gasteiger partial charge in [-0.2, -0.15) is 5.26 Å². The van der Waals surface area contributed by atoms with Crippen LogP contribution in [-0.4, -0.2) is 31.0 Å². The summed E-state index contributed by atoms with van der Waals surface area (Å²) < 4.78 is 11.0. The summed E-state index contributed by atoms with van der Waals surface area (Å²) in [4.78, 5) is 7.37. The molecule has 0 aliphatic heterocycles. The van der Waals surface area contributed by atoms with Crippen LogP contribution in [0.15, 0.2) is 63.9 Å². The molecule has 0 radical (unpaired) electrons. The third kappa shape index (κ3) is 4.40. The maximum atomic E-state index is 10.4. The predicted octanol–water partition coefficient (Wildman–Crippen LogP) is 4.76. The Labute approximate surface area is 180 Å². The van der Waals surface area contributed by atoms with Crippen molar-refractivity contribution in [3.8, 4) is 11.8 Å². The number of rotatable bonds is 7. The zero-order valence-electron chi connectivity index (χ0n) is 15.4. The molecule has 150 valence electrons. The number of nitriles is 1. The van der Waals surface area contributed by atoms with Gasteiger partial charge in [0.05, 0.1) is 21.8 Å². The highest BCUT2D eigenvalue weighted by atomic mass is 35.5. The average molecular weight is 440 g/mol. The third-order valence-corrected chi connectivity index (χ3v) is 5.14. The maximum Gasteiger partial charge on any atom is 0.277 e. The Morgan fingerprint density at radius 3 is 2.80 bits per heavy atom. The van der Waals surface area contributed by atoms with Gasteiger partial charge in [-0.3, -0.25) is 0 Å². The van der Waals surface area contributed by atoms with Crippen LogP contribution >= 0.6 is 23.4 Å². The fourth-order valence-corrected chi connectivity index (χ4v) is 3.43. The zero-order valence-corrected chi connectivity index (χ0v) is 16.9. The molecule has 0 amide bonds. The molecule has 0 fully saturated rings. The first-order valence-electron chi connectivity index (χ1n) is 8.74. The number of hydrogen-bond donors (Lipinski definition) is 2. The van der Waals surface area contributed by atoms with Gasteiger partial charge in [-0.05, 0) is 24.3 Å². The van der Waals surface area contributed by atoms with Crippen LogP contribution in [-0.2, 0) is 6.61 Å². The Morgan fingerprint density at radius 1 is 1.20 bits per heavy atom. The van der Waals surface area contributed by atoms with Gasteiger partial charge in [-0.1, -0.05) is 47.6 Å². The lowest BCUT2D eigenvalue weighted by Crippen LogP contribution is -1.96. The molecule has 2 aromatic carbocycles. The summed E-state index contributed by atoms with van der Waals surface area (Å²) in [5.41, 5.74) is 1.54. The van der Waals surface area contributed by atoms with Gasteiger partial charge in [0.1, 0.15) is 23.2 Å². The highest BCUT2D eigenvalue weighted by Gasteiger charge is 2.15. The minimum atomic E-state index is -0.145. The standard InChI is InChI=1S/C20H14ClN5O3S/c21-13-5-1-4-8-17(13)28-10-18-25-26-20(29-18)30-11-16(27)12(9-22)19-23-14-6-2-3-7-15(14)24-19/h1-8,27H,10-11H2,(H,23,24)/b16-12-. The molecule has 2 heterocycles. The van der Waals surface area contributed by atoms with Crippen LogP contribution in [0.2, 0.25) is 5.02 Å². The summed E-state index contributed by atoms with van der Waals surface area (Å²) >= 11 is 7.13. The van der Waals surface area contributed by atoms with E-state index in [1.54, 1.807) is 24.3 Å². The number of H-pyrrole nitrogens is 1. The molecule has 4 aromatic rings. The van der Waals surface area contributed by atoms with E-state index in [2.05, 4.69) is 20.2 Å². The first kappa shape index (κ1) is 19.8. The van der Waals surface area contributed by atoms with Gasteiger partial charge in [-0.15, -0.1) is 10.2 Å². The van der Waals surface area contributed by atoms with Crippen LogP contribution in [0.25, 0.3) is 16.6 Å². The Bertz CT molecular complexity index is 1230. The lowest BCUT2D eigenvalue weighted by molar-refractivity contribution is 0.252. The molecule has 0 saturated heterocycles. The van der Waals surface area contributed by atoms with E-state index in [4.69, 9.17) is 20.8 Å². The number of aliphatic hydroxyl groups is 1. The molecule has 0 atom stereocenters. The van der Waals surface area contributed by atoms with Crippen molar-refractivity contribution >= 4 is 40.0 Å². The van der Waals surface area contributed by atoms with E-state index >= 15 is 0 Å². The normalized spacial score (nSPS) is 11.9. The second-order valence-corrected chi connectivity index (χ2v) is 7.34. The van der Waals surface area contributed by atoms with E-state index in [1.807, 2.05) is 30.3 Å². The summed E-state index contributed by atoms with van der Waals surface area (Å²) in [5, 5.41) is 28.4. The van der Waals surface area contributed by atoms with Crippen molar-refractivity contribution in [3.05, 3.63) is 71.0 Å². The van der Waals surface area contributed by atoms with E-state index < -0.39 is 0 Å². The number of nitrogens with one attached hydrogen (secondary N) is 1. The quantitative estimate of drug-likeness (QED) is 0.240. The van der Waals surface area contributed by atoms with Crippen molar-refractivity contribution in [2.24, 2.45) is 0 Å². The van der Waals surface area contributed by atoms with Crippen LogP contribution in [0.1, 0.15) is 11.7 Å². The van der Waals surface area contributed by atoms with Gasteiger partial charge >= 0.3 is 0 Å². The minimum absolute atomic E-state index is 0.0560. The lowest BCUT2D eigenvalue weighted by Gasteiger charge is -2.04. The number of nitrogens with zero attached hydrogens (tertiary/aromatic N) is 4. The molecule has 2 aromatic heterocycles. The Hall–Kier alpha value is -3.48. The second kappa shape index (κ2) is 8.90. The molecule has 10 heteroatoms. The average Bonchev–Trinajstić information content (AvgIpc) is 3.39. The summed E-state index contributed by atoms with van der Waals surface area (Å²) in [5.74, 6) is 0.993. The van der Waals surface area contributed by atoms with E-state index in [9.17, 15) is 10.4 Å². The molecule has 0 saturated carbocycles. The Kier molecular flexibility index (Phi) is 5.88. The lowest BCUT2D eigenvalue weighted by atomic mass is 10.2. The number of fused-ring (bicyclic) bond motifs is 1. The van der Waals surface area contributed by atoms with E-state index in [0.717, 1.165) is 17.3 Å². The summed E-state index contributed by atoms with van der Waals surface area (Å²) in [6.45, 7) is 0.0571. The van der Waals surface area contributed by atoms with Gasteiger partial charge in [0, 0.05) is 0 Å². The SMILES string of the molecule is N#C/C(=C(/O)CSc1nnc(COc2ccccc2Cl)o1)c1nc2ccccc2[nH]1. The first-order valence-corrected chi connectivity index (χ1v) is 10.1. The fourth-order valence-electron chi connectivity index (χ4n) is 2.58. The van der Waals surface area contributed by atoms with Gasteiger partial charge < -0.3 is 19.2 Å². The number of aromatic amines is 1. The van der Waals surface area contributed by atoms with Gasteiger partial charge in [0.2, 0.25) is 0 Å². The van der Waals surface area contributed by atoms with Gasteiger partial charge in [0.15, 0.2) is 12.4 Å². The second-order valence-electron chi connectivity index (χ2n) is 6.01. The zero-order chi connectivity index (χ0) is 20.9. The number of benzene rings is 2. The molecule has 0 unspecified atom stereocenters. The van der Waals surface area contributed by atoms with Gasteiger partial charge in [-0.25, -0.2) is 4.98 Å². The molecule has 4 rings (SSSR count). The van der Waals surface area contributed by atoms with E-state index in [0.29, 0.717) is 22.1 Å². The number of imidazole rings is 1. The molecule has 30 heavy (non-hydrogen) atoms. The number of thioether (sulfide) groups is 1. The summed E-state index contributed by atoms with van der Waals surface area (Å²) in [6.07, 6.45) is 0. The topological polar surface area (TPSA) is 121 Å². The Morgan fingerprint density at radius 2 is 2.00 bits per heavy atom.